The normalized spacial score (nSPS) is 12.1. The molecule has 0 aliphatic heterocycles. The third-order valence-electron chi connectivity index (χ3n) is 4.07. The maximum absolute atomic E-state index is 13.1. The Bertz CT molecular complexity index is 1010. The van der Waals surface area contributed by atoms with Crippen LogP contribution in [0.15, 0.2) is 52.5 Å². The molecule has 1 amide bonds. The van der Waals surface area contributed by atoms with Crippen molar-refractivity contribution in [2.75, 3.05) is 6.54 Å². The van der Waals surface area contributed by atoms with Crippen molar-refractivity contribution in [2.45, 2.75) is 37.6 Å². The monoisotopic (exact) mass is 382 g/mol. The first-order valence-electron chi connectivity index (χ1n) is 8.90. The summed E-state index contributed by atoms with van der Waals surface area (Å²) in [7, 11) is 0. The van der Waals surface area contributed by atoms with Gasteiger partial charge in [-0.1, -0.05) is 36.9 Å². The molecular weight excluding hydrogens is 360 g/mol. The quantitative estimate of drug-likeness (QED) is 0.524. The molecule has 0 aliphatic carbocycles. The summed E-state index contributed by atoms with van der Waals surface area (Å²) in [6.45, 7) is 6.38. The Hall–Kier alpha value is -2.67. The van der Waals surface area contributed by atoms with Crippen molar-refractivity contribution in [3.05, 3.63) is 58.5 Å². The number of para-hydroxylation sites is 1. The number of rotatable bonds is 6. The number of fused-ring (bicyclic) bond motifs is 1. The van der Waals surface area contributed by atoms with Crippen molar-refractivity contribution >= 4 is 28.6 Å². The second-order valence-corrected chi connectivity index (χ2v) is 7.60. The molecule has 3 aromatic rings. The van der Waals surface area contributed by atoms with Crippen molar-refractivity contribution in [1.29, 1.82) is 0 Å². The van der Waals surface area contributed by atoms with E-state index in [9.17, 15) is 9.59 Å². The molecule has 27 heavy (non-hydrogen) atoms. The van der Waals surface area contributed by atoms with Crippen molar-refractivity contribution in [3.63, 3.8) is 0 Å². The van der Waals surface area contributed by atoms with E-state index in [1.807, 2.05) is 39.0 Å². The number of carbonyl (C=O) groups excluding carboxylic acids is 1. The first kappa shape index (κ1) is 19.1. The molecule has 0 aliphatic rings. The van der Waals surface area contributed by atoms with E-state index in [-0.39, 0.29) is 16.7 Å². The predicted octanol–water partition coefficient (Wildman–Crippen LogP) is 3.10. The van der Waals surface area contributed by atoms with E-state index < -0.39 is 0 Å². The number of pyridine rings is 1. The number of aryl methyl sites for hydroxylation is 1. The summed E-state index contributed by atoms with van der Waals surface area (Å²) in [5.41, 5.74) is 1.41. The average molecular weight is 382 g/mol. The van der Waals surface area contributed by atoms with Crippen LogP contribution in [0.25, 0.3) is 16.7 Å². The van der Waals surface area contributed by atoms with E-state index in [1.165, 1.54) is 16.3 Å². The van der Waals surface area contributed by atoms with Crippen LogP contribution >= 0.6 is 11.8 Å². The summed E-state index contributed by atoms with van der Waals surface area (Å²) >= 11 is 1.26. The molecule has 0 bridgehead atoms. The second kappa shape index (κ2) is 8.35. The number of amides is 1. The van der Waals surface area contributed by atoms with E-state index in [0.29, 0.717) is 28.4 Å². The lowest BCUT2D eigenvalue weighted by Gasteiger charge is -2.16. The van der Waals surface area contributed by atoms with E-state index in [0.717, 1.165) is 12.0 Å². The molecule has 0 radical (unpaired) electrons. The number of nitrogens with zero attached hydrogens (tertiary/aromatic N) is 3. The maximum atomic E-state index is 13.1. The summed E-state index contributed by atoms with van der Waals surface area (Å²) < 4.78 is 1.48. The number of benzene rings is 1. The number of hydrogen-bond acceptors (Lipinski definition) is 5. The third kappa shape index (κ3) is 4.19. The fourth-order valence-corrected chi connectivity index (χ4v) is 3.53. The van der Waals surface area contributed by atoms with Crippen LogP contribution in [0.5, 0.6) is 0 Å². The number of nitrogens with one attached hydrogen (secondary N) is 1. The Balaban J connectivity index is 2.09. The van der Waals surface area contributed by atoms with Crippen LogP contribution in [-0.4, -0.2) is 32.2 Å². The van der Waals surface area contributed by atoms with Gasteiger partial charge in [0.05, 0.1) is 16.2 Å². The highest BCUT2D eigenvalue weighted by molar-refractivity contribution is 8.00. The fraction of sp³-hybridized carbons (Fsp3) is 0.300. The number of aromatic nitrogens is 3. The Morgan fingerprint density at radius 1 is 1.26 bits per heavy atom. The zero-order chi connectivity index (χ0) is 19.4. The lowest BCUT2D eigenvalue weighted by Crippen LogP contribution is -2.32. The molecular formula is C20H22N4O2S. The lowest BCUT2D eigenvalue weighted by atomic mass is 10.2. The highest BCUT2D eigenvalue weighted by Crippen LogP contribution is 2.24. The van der Waals surface area contributed by atoms with Crippen LogP contribution in [0.1, 0.15) is 25.8 Å². The number of carbonyl (C=O) groups is 1. The highest BCUT2D eigenvalue weighted by Gasteiger charge is 2.20. The minimum atomic E-state index is -0.388. The first-order valence-corrected chi connectivity index (χ1v) is 9.78. The van der Waals surface area contributed by atoms with E-state index in [4.69, 9.17) is 0 Å². The molecule has 1 atom stereocenters. The van der Waals surface area contributed by atoms with Crippen LogP contribution in [0.3, 0.4) is 0 Å². The van der Waals surface area contributed by atoms with Crippen molar-refractivity contribution < 1.29 is 4.79 Å². The summed E-state index contributed by atoms with van der Waals surface area (Å²) in [4.78, 5) is 34.4. The van der Waals surface area contributed by atoms with Crippen LogP contribution in [0.4, 0.5) is 0 Å². The third-order valence-corrected chi connectivity index (χ3v) is 5.12. The van der Waals surface area contributed by atoms with Crippen LogP contribution in [0.2, 0.25) is 0 Å². The Labute approximate surface area is 162 Å². The summed E-state index contributed by atoms with van der Waals surface area (Å²) in [5, 5.41) is 3.47. The minimum Gasteiger partial charge on any atom is -0.355 e. The Morgan fingerprint density at radius 2 is 2.04 bits per heavy atom. The number of hydrogen-bond donors (Lipinski definition) is 1. The molecule has 2 heterocycles. The second-order valence-electron chi connectivity index (χ2n) is 6.30. The molecule has 0 spiro atoms. The van der Waals surface area contributed by atoms with Gasteiger partial charge in [-0.25, -0.2) is 14.5 Å². The van der Waals surface area contributed by atoms with Crippen molar-refractivity contribution in [2.24, 2.45) is 0 Å². The molecule has 0 saturated heterocycles. The molecule has 7 heteroatoms. The smallest absolute Gasteiger partial charge is 0.267 e. The zero-order valence-corrected chi connectivity index (χ0v) is 16.4. The Kier molecular flexibility index (Phi) is 5.91. The summed E-state index contributed by atoms with van der Waals surface area (Å²) in [6.07, 6.45) is 2.58. The average Bonchev–Trinajstić information content (AvgIpc) is 2.67. The topological polar surface area (TPSA) is 76.9 Å². The predicted molar refractivity (Wildman–Crippen MR) is 108 cm³/mol. The molecule has 1 N–H and O–H groups in total. The van der Waals surface area contributed by atoms with E-state index in [1.54, 1.807) is 24.4 Å². The SMILES string of the molecule is CCCNC(=O)C(C)Sc1nc2ccccc2c(=O)n1-c1ccc(C)cn1. The van der Waals surface area contributed by atoms with Gasteiger partial charge in [0.15, 0.2) is 5.16 Å². The highest BCUT2D eigenvalue weighted by atomic mass is 32.2. The van der Waals surface area contributed by atoms with Gasteiger partial charge in [0.2, 0.25) is 5.91 Å². The van der Waals surface area contributed by atoms with Crippen molar-refractivity contribution in [1.82, 2.24) is 19.9 Å². The molecule has 0 fully saturated rings. The van der Waals surface area contributed by atoms with Gasteiger partial charge in [0, 0.05) is 12.7 Å². The molecule has 140 valence electrons. The van der Waals surface area contributed by atoms with Crippen LogP contribution in [0, 0.1) is 6.92 Å². The first-order chi connectivity index (χ1) is 13.0. The Morgan fingerprint density at radius 3 is 2.74 bits per heavy atom. The molecule has 2 aromatic heterocycles. The van der Waals surface area contributed by atoms with Gasteiger partial charge in [-0.15, -0.1) is 0 Å². The van der Waals surface area contributed by atoms with Crippen LogP contribution < -0.4 is 10.9 Å². The van der Waals surface area contributed by atoms with Gasteiger partial charge in [0.25, 0.3) is 5.56 Å². The van der Waals surface area contributed by atoms with Gasteiger partial charge in [-0.2, -0.15) is 0 Å². The summed E-state index contributed by atoms with van der Waals surface area (Å²) in [6, 6.07) is 10.9. The lowest BCUT2D eigenvalue weighted by molar-refractivity contribution is -0.120. The molecule has 1 unspecified atom stereocenters. The van der Waals surface area contributed by atoms with Crippen LogP contribution in [-0.2, 0) is 4.79 Å². The van der Waals surface area contributed by atoms with Gasteiger partial charge in [-0.3, -0.25) is 9.59 Å². The molecule has 1 aromatic carbocycles. The van der Waals surface area contributed by atoms with Gasteiger partial charge in [0.1, 0.15) is 5.82 Å². The maximum Gasteiger partial charge on any atom is 0.267 e. The standard InChI is InChI=1S/C20H22N4O2S/c1-4-11-21-18(25)14(3)27-20-23-16-8-6-5-7-15(16)19(26)24(20)17-10-9-13(2)12-22-17/h5-10,12,14H,4,11H2,1-3H3,(H,21,25). The minimum absolute atomic E-state index is 0.0762. The largest absolute Gasteiger partial charge is 0.355 e. The van der Waals surface area contributed by atoms with Crippen molar-refractivity contribution in [3.8, 4) is 5.82 Å². The fourth-order valence-electron chi connectivity index (χ4n) is 2.59. The van der Waals surface area contributed by atoms with Gasteiger partial charge < -0.3 is 5.32 Å². The van der Waals surface area contributed by atoms with E-state index >= 15 is 0 Å². The zero-order valence-electron chi connectivity index (χ0n) is 15.6. The van der Waals surface area contributed by atoms with E-state index in [2.05, 4.69) is 15.3 Å². The molecule has 0 saturated carbocycles. The van der Waals surface area contributed by atoms with Gasteiger partial charge in [-0.05, 0) is 44.0 Å². The van der Waals surface area contributed by atoms with Gasteiger partial charge >= 0.3 is 0 Å². The summed E-state index contributed by atoms with van der Waals surface area (Å²) in [5.74, 6) is 0.417. The molecule has 6 nitrogen and oxygen atoms in total. The number of thioether (sulfide) groups is 1. The molecule has 3 rings (SSSR count).